The molecule has 1 amide bonds. The zero-order chi connectivity index (χ0) is 25.3. The predicted octanol–water partition coefficient (Wildman–Crippen LogP) is 4.09. The molecular weight excluding hydrogens is 461 g/mol. The number of ether oxygens (including phenoxy) is 1. The number of likely N-dealkylation sites (N-methyl/N-ethyl adjacent to an activating group) is 1. The Balaban J connectivity index is 1.49. The van der Waals surface area contributed by atoms with Gasteiger partial charge < -0.3 is 23.9 Å². The fraction of sp³-hybridized carbons (Fsp3) is 0.296. The first-order chi connectivity index (χ1) is 17.4. The number of imidazole rings is 1. The lowest BCUT2D eigenvalue weighted by atomic mass is 9.94. The van der Waals surface area contributed by atoms with Crippen LogP contribution in [0.25, 0.3) is 11.8 Å². The zero-order valence-corrected chi connectivity index (χ0v) is 20.5. The van der Waals surface area contributed by atoms with Gasteiger partial charge in [-0.25, -0.2) is 9.37 Å². The highest BCUT2D eigenvalue weighted by molar-refractivity contribution is 6.03. The number of fused-ring (bicyclic) bond motifs is 1. The first-order valence-electron chi connectivity index (χ1n) is 11.8. The third kappa shape index (κ3) is 4.21. The van der Waals surface area contributed by atoms with Crippen LogP contribution in [0.3, 0.4) is 0 Å². The van der Waals surface area contributed by atoms with Gasteiger partial charge in [0.25, 0.3) is 5.72 Å². The molecule has 1 atom stereocenters. The van der Waals surface area contributed by atoms with Gasteiger partial charge in [-0.05, 0) is 73.4 Å². The summed E-state index contributed by atoms with van der Waals surface area (Å²) in [5.74, 6) is 1.12. The minimum Gasteiger partial charge on any atom is -0.495 e. The second-order valence-electron chi connectivity index (χ2n) is 9.10. The fourth-order valence-corrected chi connectivity index (χ4v) is 4.83. The molecule has 0 radical (unpaired) electrons. The van der Waals surface area contributed by atoms with Crippen LogP contribution in [0, 0.1) is 12.7 Å². The lowest BCUT2D eigenvalue weighted by Gasteiger charge is -2.41. The van der Waals surface area contributed by atoms with E-state index in [1.54, 1.807) is 32.6 Å². The molecule has 5 rings (SSSR count). The number of aryl methyl sites for hydroxylation is 1. The van der Waals surface area contributed by atoms with Crippen LogP contribution in [0.5, 0.6) is 5.75 Å². The van der Waals surface area contributed by atoms with E-state index in [2.05, 4.69) is 21.1 Å². The van der Waals surface area contributed by atoms with Crippen molar-refractivity contribution in [1.82, 2.24) is 19.4 Å². The van der Waals surface area contributed by atoms with Crippen LogP contribution in [0.1, 0.15) is 29.7 Å². The topological polar surface area (TPSA) is 72.2 Å². The van der Waals surface area contributed by atoms with Gasteiger partial charge in [0.15, 0.2) is 5.84 Å². The van der Waals surface area contributed by atoms with Gasteiger partial charge in [-0.3, -0.25) is 4.79 Å². The molecule has 3 heterocycles. The number of aromatic nitrogens is 2. The van der Waals surface area contributed by atoms with Gasteiger partial charge in [-0.2, -0.15) is 0 Å². The van der Waals surface area contributed by atoms with E-state index in [4.69, 9.17) is 9.57 Å². The Labute approximate surface area is 209 Å². The van der Waals surface area contributed by atoms with Crippen LogP contribution >= 0.6 is 0 Å². The number of amides is 1. The van der Waals surface area contributed by atoms with Gasteiger partial charge in [0.1, 0.15) is 11.6 Å². The smallest absolute Gasteiger partial charge is 0.254 e. The van der Waals surface area contributed by atoms with Gasteiger partial charge in [0, 0.05) is 25.4 Å². The van der Waals surface area contributed by atoms with E-state index in [1.165, 1.54) is 17.0 Å². The number of methoxy groups -OCH3 is 1. The Kier molecular flexibility index (Phi) is 6.22. The van der Waals surface area contributed by atoms with E-state index in [-0.39, 0.29) is 12.4 Å². The minimum absolute atomic E-state index is 0.245. The maximum Gasteiger partial charge on any atom is 0.254 e. The second kappa shape index (κ2) is 9.49. The summed E-state index contributed by atoms with van der Waals surface area (Å²) in [7, 11) is 3.34. The van der Waals surface area contributed by atoms with Crippen LogP contribution in [-0.4, -0.2) is 58.8 Å². The molecule has 1 fully saturated rings. The molecule has 0 aliphatic carbocycles. The van der Waals surface area contributed by atoms with Crippen LogP contribution in [0.4, 0.5) is 4.39 Å². The number of nitrogens with zero attached hydrogens (tertiary/aromatic N) is 5. The highest BCUT2D eigenvalue weighted by atomic mass is 19.1. The summed E-state index contributed by atoms with van der Waals surface area (Å²) in [6.45, 7) is 2.89. The third-order valence-corrected chi connectivity index (χ3v) is 6.56. The molecule has 186 valence electrons. The molecule has 2 aromatic carbocycles. The Hall–Kier alpha value is -4.14. The Morgan fingerprint density at radius 2 is 2.06 bits per heavy atom. The van der Waals surface area contributed by atoms with Crippen LogP contribution in [0.15, 0.2) is 65.7 Å². The normalized spacial score (nSPS) is 20.1. The number of carbonyl (C=O) groups is 1. The van der Waals surface area contributed by atoms with E-state index in [0.29, 0.717) is 6.54 Å². The van der Waals surface area contributed by atoms with Crippen molar-refractivity contribution in [3.63, 3.8) is 0 Å². The summed E-state index contributed by atoms with van der Waals surface area (Å²) < 4.78 is 21.3. The summed E-state index contributed by atoms with van der Waals surface area (Å²) >= 11 is 0. The SMILES string of the molecule is COc1cc(/C=C2\CCCN3C2=NO[C@]3(CN(C)C=O)c2ccc(F)cc2)ccc1-n1cnc(C)c1. The Morgan fingerprint density at radius 1 is 1.25 bits per heavy atom. The lowest BCUT2D eigenvalue weighted by molar-refractivity contribution is -0.137. The number of halogens is 1. The number of benzene rings is 2. The fourth-order valence-electron chi connectivity index (χ4n) is 4.83. The van der Waals surface area contributed by atoms with E-state index in [9.17, 15) is 9.18 Å². The standard InChI is InChI=1S/C27H28FN5O3/c1-19-15-32(17-29-19)24-11-6-20(14-25(24)35-3)13-21-5-4-12-33-26(21)30-36-27(33,16-31(2)18-34)22-7-9-23(28)10-8-22/h6-11,13-15,17-18H,4-5,12,16H2,1-3H3/b21-13+/t27-/m1/s1. The van der Waals surface area contributed by atoms with Crippen LogP contribution < -0.4 is 4.74 Å². The highest BCUT2D eigenvalue weighted by Gasteiger charge is 2.50. The number of hydrogen-bond donors (Lipinski definition) is 0. The van der Waals surface area contributed by atoms with Crippen molar-refractivity contribution in [3.05, 3.63) is 83.2 Å². The summed E-state index contributed by atoms with van der Waals surface area (Å²) in [5.41, 5.74) is 3.52. The molecule has 8 nitrogen and oxygen atoms in total. The second-order valence-corrected chi connectivity index (χ2v) is 9.10. The predicted molar refractivity (Wildman–Crippen MR) is 134 cm³/mol. The van der Waals surface area contributed by atoms with Gasteiger partial charge in [-0.15, -0.1) is 0 Å². The van der Waals surface area contributed by atoms with E-state index < -0.39 is 5.72 Å². The van der Waals surface area contributed by atoms with Crippen LogP contribution in [0.2, 0.25) is 0 Å². The summed E-state index contributed by atoms with van der Waals surface area (Å²) in [4.78, 5) is 25.5. The molecule has 3 aromatic rings. The molecule has 1 saturated heterocycles. The lowest BCUT2D eigenvalue weighted by Crippen LogP contribution is -2.54. The van der Waals surface area contributed by atoms with Crippen molar-refractivity contribution in [3.8, 4) is 11.4 Å². The molecule has 0 spiro atoms. The molecule has 0 unspecified atom stereocenters. The Morgan fingerprint density at radius 3 is 2.75 bits per heavy atom. The summed E-state index contributed by atoms with van der Waals surface area (Å²) in [6.07, 6.45) is 8.26. The number of hydrogen-bond acceptors (Lipinski definition) is 6. The molecule has 2 aliphatic rings. The van der Waals surface area contributed by atoms with Gasteiger partial charge in [0.2, 0.25) is 6.41 Å². The largest absolute Gasteiger partial charge is 0.495 e. The molecule has 0 saturated carbocycles. The number of oxime groups is 1. The average molecular weight is 490 g/mol. The minimum atomic E-state index is -1.03. The van der Waals surface area contributed by atoms with Crippen molar-refractivity contribution >= 4 is 18.3 Å². The average Bonchev–Trinajstić information content (AvgIpc) is 3.49. The van der Waals surface area contributed by atoms with E-state index >= 15 is 0 Å². The quantitative estimate of drug-likeness (QED) is 0.468. The number of piperidine rings is 1. The van der Waals surface area contributed by atoms with Gasteiger partial charge in [0.05, 0.1) is 31.4 Å². The van der Waals surface area contributed by atoms with Crippen molar-refractivity contribution in [2.75, 3.05) is 27.2 Å². The molecule has 2 aliphatic heterocycles. The number of carbonyl (C=O) groups excluding carboxylic acids is 1. The van der Waals surface area contributed by atoms with Crippen molar-refractivity contribution in [2.45, 2.75) is 25.5 Å². The van der Waals surface area contributed by atoms with E-state index in [1.807, 2.05) is 35.9 Å². The first kappa shape index (κ1) is 23.6. The third-order valence-electron chi connectivity index (χ3n) is 6.56. The van der Waals surface area contributed by atoms with E-state index in [0.717, 1.165) is 58.9 Å². The maximum atomic E-state index is 13.7. The van der Waals surface area contributed by atoms with Gasteiger partial charge >= 0.3 is 0 Å². The summed E-state index contributed by atoms with van der Waals surface area (Å²) in [6, 6.07) is 12.2. The molecule has 9 heteroatoms. The Bertz CT molecular complexity index is 1330. The molecule has 36 heavy (non-hydrogen) atoms. The first-order valence-corrected chi connectivity index (χ1v) is 11.8. The van der Waals surface area contributed by atoms with Gasteiger partial charge in [-0.1, -0.05) is 11.2 Å². The molecule has 0 bridgehead atoms. The molecular formula is C27H28FN5O3. The summed E-state index contributed by atoms with van der Waals surface area (Å²) in [5, 5.41) is 4.48. The molecule has 0 N–H and O–H groups in total. The zero-order valence-electron chi connectivity index (χ0n) is 20.5. The van der Waals surface area contributed by atoms with Crippen molar-refractivity contribution in [2.24, 2.45) is 5.16 Å². The van der Waals surface area contributed by atoms with Crippen molar-refractivity contribution < 1.29 is 18.8 Å². The van der Waals surface area contributed by atoms with Crippen LogP contribution in [-0.2, 0) is 15.4 Å². The number of rotatable bonds is 7. The monoisotopic (exact) mass is 489 g/mol. The molecule has 1 aromatic heterocycles. The van der Waals surface area contributed by atoms with Crippen molar-refractivity contribution in [1.29, 1.82) is 0 Å². The number of amidine groups is 1. The maximum absolute atomic E-state index is 13.7. The highest BCUT2D eigenvalue weighted by Crippen LogP contribution is 2.41.